The van der Waals surface area contributed by atoms with E-state index in [2.05, 4.69) is 20.3 Å². The lowest BCUT2D eigenvalue weighted by Gasteiger charge is -2.29. The van der Waals surface area contributed by atoms with Crippen molar-refractivity contribution in [3.63, 3.8) is 0 Å². The first kappa shape index (κ1) is 15.5. The van der Waals surface area contributed by atoms with Crippen LogP contribution in [0.25, 0.3) is 0 Å². The Morgan fingerprint density at radius 1 is 1.35 bits per heavy atom. The summed E-state index contributed by atoms with van der Waals surface area (Å²) in [4.78, 5) is 19.1. The Hall–Kier alpha value is -2.41. The van der Waals surface area contributed by atoms with Crippen molar-refractivity contribution >= 4 is 11.7 Å². The van der Waals surface area contributed by atoms with Gasteiger partial charge < -0.3 is 15.0 Å². The number of amides is 1. The Labute approximate surface area is 135 Å². The fourth-order valence-electron chi connectivity index (χ4n) is 2.64. The lowest BCUT2D eigenvalue weighted by atomic mass is 10.2. The highest BCUT2D eigenvalue weighted by Gasteiger charge is 2.20. The first-order valence-electron chi connectivity index (χ1n) is 7.80. The molecule has 1 amide bonds. The van der Waals surface area contributed by atoms with Gasteiger partial charge >= 0.3 is 0 Å². The molecule has 1 fully saturated rings. The molecule has 0 bridgehead atoms. The summed E-state index contributed by atoms with van der Waals surface area (Å²) in [5.41, 5.74) is 0.599. The van der Waals surface area contributed by atoms with E-state index in [0.29, 0.717) is 25.3 Å². The van der Waals surface area contributed by atoms with Crippen LogP contribution in [-0.2, 0) is 11.3 Å². The Balaban J connectivity index is 1.69. The first-order valence-corrected chi connectivity index (χ1v) is 7.80. The van der Waals surface area contributed by atoms with E-state index < -0.39 is 0 Å². The minimum absolute atomic E-state index is 0.0276. The average Bonchev–Trinajstić information content (AvgIpc) is 3.08. The van der Waals surface area contributed by atoms with E-state index in [4.69, 9.17) is 4.74 Å². The molecule has 1 aliphatic rings. The highest BCUT2D eigenvalue weighted by molar-refractivity contribution is 5.99. The second kappa shape index (κ2) is 7.23. The molecule has 0 aliphatic carbocycles. The third-order valence-electron chi connectivity index (χ3n) is 3.74. The van der Waals surface area contributed by atoms with Crippen molar-refractivity contribution < 1.29 is 9.53 Å². The zero-order valence-corrected chi connectivity index (χ0v) is 13.2. The lowest BCUT2D eigenvalue weighted by molar-refractivity contribution is 0.0934. The molecule has 1 aliphatic heterocycles. The summed E-state index contributed by atoms with van der Waals surface area (Å²) in [6.07, 6.45) is 5.33. The van der Waals surface area contributed by atoms with Crippen LogP contribution < -0.4 is 10.2 Å². The third-order valence-corrected chi connectivity index (χ3v) is 3.74. The van der Waals surface area contributed by atoms with Crippen LogP contribution in [0.1, 0.15) is 17.3 Å². The number of rotatable bonds is 5. The molecule has 0 aromatic carbocycles. The Bertz CT molecular complexity index is 638. The molecule has 1 N–H and O–H groups in total. The molecular formula is C16H21N5O2. The summed E-state index contributed by atoms with van der Waals surface area (Å²) < 4.78 is 7.17. The molecule has 23 heavy (non-hydrogen) atoms. The molecule has 3 heterocycles. The van der Waals surface area contributed by atoms with Crippen LogP contribution in [0.15, 0.2) is 36.8 Å². The molecule has 2 aromatic heterocycles. The van der Waals surface area contributed by atoms with Crippen LogP contribution in [0.5, 0.6) is 0 Å². The van der Waals surface area contributed by atoms with E-state index in [9.17, 15) is 4.79 Å². The molecule has 1 atom stereocenters. The molecular weight excluding hydrogens is 294 g/mol. The van der Waals surface area contributed by atoms with Crippen molar-refractivity contribution in [3.05, 3.63) is 42.4 Å². The smallest absolute Gasteiger partial charge is 0.255 e. The summed E-state index contributed by atoms with van der Waals surface area (Å²) in [5.74, 6) is 0.610. The monoisotopic (exact) mass is 315 g/mol. The average molecular weight is 315 g/mol. The molecule has 0 saturated carbocycles. The molecule has 0 radical (unpaired) electrons. The van der Waals surface area contributed by atoms with Gasteiger partial charge in [-0.25, -0.2) is 4.98 Å². The van der Waals surface area contributed by atoms with Crippen LogP contribution in [0, 0.1) is 0 Å². The van der Waals surface area contributed by atoms with Crippen molar-refractivity contribution in [3.8, 4) is 0 Å². The summed E-state index contributed by atoms with van der Waals surface area (Å²) in [5, 5.41) is 7.17. The maximum absolute atomic E-state index is 12.6. The van der Waals surface area contributed by atoms with Gasteiger partial charge in [0.1, 0.15) is 5.82 Å². The number of anilines is 1. The van der Waals surface area contributed by atoms with Crippen LogP contribution in [0.2, 0.25) is 0 Å². The largest absolute Gasteiger partial charge is 0.378 e. The Morgan fingerprint density at radius 3 is 2.91 bits per heavy atom. The maximum atomic E-state index is 12.6. The highest BCUT2D eigenvalue weighted by atomic mass is 16.5. The number of hydrogen-bond donors (Lipinski definition) is 1. The molecule has 1 saturated heterocycles. The summed E-state index contributed by atoms with van der Waals surface area (Å²) in [7, 11) is 0. The van der Waals surface area contributed by atoms with E-state index in [-0.39, 0.29) is 11.9 Å². The second-order valence-corrected chi connectivity index (χ2v) is 5.58. The van der Waals surface area contributed by atoms with Gasteiger partial charge in [-0.15, -0.1) is 0 Å². The molecule has 2 aromatic rings. The van der Waals surface area contributed by atoms with E-state index in [1.54, 1.807) is 23.1 Å². The molecule has 1 unspecified atom stereocenters. The number of aromatic nitrogens is 3. The predicted octanol–water partition coefficient (Wildman–Crippen LogP) is 0.933. The Kier molecular flexibility index (Phi) is 4.87. The number of carbonyl (C=O) groups excluding carboxylic acids is 1. The number of nitrogens with zero attached hydrogens (tertiary/aromatic N) is 4. The highest BCUT2D eigenvalue weighted by Crippen LogP contribution is 2.18. The quantitative estimate of drug-likeness (QED) is 0.889. The number of hydrogen-bond acceptors (Lipinski definition) is 5. The van der Waals surface area contributed by atoms with Gasteiger partial charge in [-0.2, -0.15) is 5.10 Å². The van der Waals surface area contributed by atoms with Crippen molar-refractivity contribution in [1.29, 1.82) is 0 Å². The normalized spacial score (nSPS) is 16.1. The fourth-order valence-corrected chi connectivity index (χ4v) is 2.64. The van der Waals surface area contributed by atoms with Gasteiger partial charge in [-0.1, -0.05) is 0 Å². The number of pyridine rings is 1. The summed E-state index contributed by atoms with van der Waals surface area (Å²) in [6.45, 7) is 5.41. The van der Waals surface area contributed by atoms with Gasteiger partial charge in [0.25, 0.3) is 5.91 Å². The SMILES string of the molecule is CC(Cn1cccn1)NC(=O)c1cccnc1N1CCOCC1. The molecule has 3 rings (SSSR count). The molecule has 0 spiro atoms. The number of morpholine rings is 1. The standard InChI is InChI=1S/C16H21N5O2/c1-13(12-21-7-3-6-18-21)19-16(22)14-4-2-5-17-15(14)20-8-10-23-11-9-20/h2-7,13H,8-12H2,1H3,(H,19,22). The molecule has 7 heteroatoms. The van der Waals surface area contributed by atoms with Crippen LogP contribution in [-0.4, -0.2) is 53.0 Å². The van der Waals surface area contributed by atoms with Crippen molar-refractivity contribution in [1.82, 2.24) is 20.1 Å². The summed E-state index contributed by atoms with van der Waals surface area (Å²) in [6, 6.07) is 5.44. The first-order chi connectivity index (χ1) is 11.2. The molecule has 122 valence electrons. The lowest BCUT2D eigenvalue weighted by Crippen LogP contribution is -2.40. The predicted molar refractivity (Wildman–Crippen MR) is 86.4 cm³/mol. The van der Waals surface area contributed by atoms with Gasteiger partial charge in [-0.05, 0) is 25.1 Å². The minimum Gasteiger partial charge on any atom is -0.378 e. The molecule has 7 nitrogen and oxygen atoms in total. The Morgan fingerprint density at radius 2 is 2.17 bits per heavy atom. The van der Waals surface area contributed by atoms with E-state index in [1.807, 2.05) is 25.3 Å². The third kappa shape index (κ3) is 3.87. The van der Waals surface area contributed by atoms with E-state index in [1.165, 1.54) is 0 Å². The van der Waals surface area contributed by atoms with E-state index in [0.717, 1.165) is 18.9 Å². The van der Waals surface area contributed by atoms with Gasteiger partial charge in [0.15, 0.2) is 0 Å². The van der Waals surface area contributed by atoms with E-state index >= 15 is 0 Å². The van der Waals surface area contributed by atoms with Crippen LogP contribution in [0.3, 0.4) is 0 Å². The zero-order chi connectivity index (χ0) is 16.1. The van der Waals surface area contributed by atoms with Crippen LogP contribution in [0.4, 0.5) is 5.82 Å². The number of ether oxygens (including phenoxy) is 1. The van der Waals surface area contributed by atoms with Gasteiger partial charge in [0.05, 0.1) is 25.3 Å². The van der Waals surface area contributed by atoms with Crippen molar-refractivity contribution in [2.24, 2.45) is 0 Å². The minimum atomic E-state index is -0.112. The van der Waals surface area contributed by atoms with Gasteiger partial charge in [0.2, 0.25) is 0 Å². The second-order valence-electron chi connectivity index (χ2n) is 5.58. The maximum Gasteiger partial charge on any atom is 0.255 e. The fraction of sp³-hybridized carbons (Fsp3) is 0.438. The van der Waals surface area contributed by atoms with Crippen molar-refractivity contribution in [2.75, 3.05) is 31.2 Å². The number of nitrogens with one attached hydrogen (secondary N) is 1. The van der Waals surface area contributed by atoms with Crippen LogP contribution >= 0.6 is 0 Å². The summed E-state index contributed by atoms with van der Waals surface area (Å²) >= 11 is 0. The number of carbonyl (C=O) groups is 1. The van der Waals surface area contributed by atoms with Gasteiger partial charge in [-0.3, -0.25) is 9.48 Å². The van der Waals surface area contributed by atoms with Crippen molar-refractivity contribution in [2.45, 2.75) is 19.5 Å². The zero-order valence-electron chi connectivity index (χ0n) is 13.2. The topological polar surface area (TPSA) is 72.3 Å². The van der Waals surface area contributed by atoms with Gasteiger partial charge in [0, 0.05) is 37.7 Å².